The van der Waals surface area contributed by atoms with Crippen LogP contribution in [-0.4, -0.2) is 10.8 Å². The van der Waals surface area contributed by atoms with Crippen molar-refractivity contribution in [1.82, 2.24) is 0 Å². The molecular formula is C11H11F3S. The number of thioether (sulfide) groups is 1. The lowest BCUT2D eigenvalue weighted by atomic mass is 9.92. The van der Waals surface area contributed by atoms with Gasteiger partial charge < -0.3 is 0 Å². The number of hydrogen-bond donors (Lipinski definition) is 0. The summed E-state index contributed by atoms with van der Waals surface area (Å²) in [6, 6.07) is 7.76. The summed E-state index contributed by atoms with van der Waals surface area (Å²) in [4.78, 5) is 0. The molecule has 0 radical (unpaired) electrons. The molecule has 0 fully saturated rings. The average molecular weight is 232 g/mol. The van der Waals surface area contributed by atoms with Gasteiger partial charge in [0.15, 0.2) is 0 Å². The fourth-order valence-corrected chi connectivity index (χ4v) is 2.83. The number of aryl methyl sites for hydroxylation is 1. The molecule has 4 heteroatoms. The molecule has 2 rings (SSSR count). The first kappa shape index (κ1) is 10.9. The fourth-order valence-electron chi connectivity index (χ4n) is 1.95. The van der Waals surface area contributed by atoms with E-state index >= 15 is 0 Å². The van der Waals surface area contributed by atoms with Crippen LogP contribution in [0.25, 0.3) is 0 Å². The molecule has 82 valence electrons. The fraction of sp³-hybridized carbons (Fsp3) is 0.455. The summed E-state index contributed by atoms with van der Waals surface area (Å²) in [6.07, 6.45) is 1.94. The minimum Gasteiger partial charge on any atom is -0.160 e. The zero-order valence-electron chi connectivity index (χ0n) is 8.05. The lowest BCUT2D eigenvalue weighted by molar-refractivity contribution is -0.0334. The lowest BCUT2D eigenvalue weighted by Crippen LogP contribution is -2.20. The first-order valence-electron chi connectivity index (χ1n) is 4.86. The molecule has 1 aliphatic rings. The largest absolute Gasteiger partial charge is 0.442 e. The topological polar surface area (TPSA) is 0 Å². The summed E-state index contributed by atoms with van der Waals surface area (Å²) in [7, 11) is 0. The van der Waals surface area contributed by atoms with Crippen LogP contribution >= 0.6 is 11.8 Å². The smallest absolute Gasteiger partial charge is 0.160 e. The van der Waals surface area contributed by atoms with E-state index in [-0.39, 0.29) is 17.0 Å². The van der Waals surface area contributed by atoms with Crippen LogP contribution in [0.4, 0.5) is 13.2 Å². The van der Waals surface area contributed by atoms with Crippen LogP contribution in [0.3, 0.4) is 0 Å². The Morgan fingerprint density at radius 2 is 1.80 bits per heavy atom. The Balaban J connectivity index is 2.06. The standard InChI is InChI=1S/C11H11F3S/c12-11(13,14)15-10-6-5-8-3-1-2-4-9(8)7-10/h1-4,10H,5-7H2/t10-/m0/s1. The van der Waals surface area contributed by atoms with E-state index in [9.17, 15) is 13.2 Å². The molecule has 0 N–H and O–H groups in total. The van der Waals surface area contributed by atoms with Crippen molar-refractivity contribution >= 4 is 11.8 Å². The van der Waals surface area contributed by atoms with Crippen molar-refractivity contribution in [2.75, 3.05) is 0 Å². The van der Waals surface area contributed by atoms with Crippen LogP contribution in [-0.2, 0) is 12.8 Å². The van der Waals surface area contributed by atoms with E-state index in [1.165, 1.54) is 5.56 Å². The van der Waals surface area contributed by atoms with Crippen LogP contribution in [0, 0.1) is 0 Å². The van der Waals surface area contributed by atoms with Gasteiger partial charge in [0.1, 0.15) is 0 Å². The maximum absolute atomic E-state index is 12.2. The number of fused-ring (bicyclic) bond motifs is 1. The molecular weight excluding hydrogens is 221 g/mol. The summed E-state index contributed by atoms with van der Waals surface area (Å²) < 4.78 is 36.5. The van der Waals surface area contributed by atoms with Crippen LogP contribution in [0.1, 0.15) is 17.5 Å². The molecule has 1 atom stereocenters. The van der Waals surface area contributed by atoms with Crippen molar-refractivity contribution < 1.29 is 13.2 Å². The number of alkyl halides is 3. The number of rotatable bonds is 1. The lowest BCUT2D eigenvalue weighted by Gasteiger charge is -2.24. The van der Waals surface area contributed by atoms with Crippen LogP contribution in [0.2, 0.25) is 0 Å². The summed E-state index contributed by atoms with van der Waals surface area (Å²) in [5.74, 6) is 0. The number of halogens is 3. The van der Waals surface area contributed by atoms with E-state index < -0.39 is 5.51 Å². The van der Waals surface area contributed by atoms with Gasteiger partial charge >= 0.3 is 5.51 Å². The van der Waals surface area contributed by atoms with E-state index in [1.807, 2.05) is 24.3 Å². The molecule has 0 saturated carbocycles. The zero-order valence-corrected chi connectivity index (χ0v) is 8.87. The molecule has 15 heavy (non-hydrogen) atoms. The highest BCUT2D eigenvalue weighted by molar-refractivity contribution is 8.00. The maximum atomic E-state index is 12.2. The molecule has 1 aliphatic carbocycles. The first-order chi connectivity index (χ1) is 7.04. The van der Waals surface area contributed by atoms with Gasteiger partial charge in [-0.3, -0.25) is 0 Å². The monoisotopic (exact) mass is 232 g/mol. The van der Waals surface area contributed by atoms with Gasteiger partial charge in [-0.05, 0) is 42.2 Å². The molecule has 0 aliphatic heterocycles. The Labute approximate surface area is 90.9 Å². The molecule has 0 saturated heterocycles. The molecule has 0 nitrogen and oxygen atoms in total. The van der Waals surface area contributed by atoms with E-state index in [0.717, 1.165) is 12.0 Å². The maximum Gasteiger partial charge on any atom is 0.442 e. The van der Waals surface area contributed by atoms with E-state index in [2.05, 4.69) is 0 Å². The van der Waals surface area contributed by atoms with Crippen molar-refractivity contribution in [3.05, 3.63) is 35.4 Å². The third-order valence-corrected chi connectivity index (χ3v) is 3.60. The van der Waals surface area contributed by atoms with Gasteiger partial charge in [0.2, 0.25) is 0 Å². The molecule has 1 aromatic rings. The SMILES string of the molecule is FC(F)(F)S[C@H]1CCc2ccccc2C1. The van der Waals surface area contributed by atoms with Gasteiger partial charge in [0.05, 0.1) is 0 Å². The van der Waals surface area contributed by atoms with Crippen molar-refractivity contribution in [2.45, 2.75) is 30.0 Å². The quantitative estimate of drug-likeness (QED) is 0.709. The molecule has 0 aromatic heterocycles. The van der Waals surface area contributed by atoms with Gasteiger partial charge in [-0.2, -0.15) is 13.2 Å². The molecule has 0 spiro atoms. The van der Waals surface area contributed by atoms with Crippen LogP contribution < -0.4 is 0 Å². The van der Waals surface area contributed by atoms with Crippen molar-refractivity contribution in [2.24, 2.45) is 0 Å². The van der Waals surface area contributed by atoms with Crippen molar-refractivity contribution in [1.29, 1.82) is 0 Å². The highest BCUT2D eigenvalue weighted by atomic mass is 32.2. The van der Waals surface area contributed by atoms with Crippen LogP contribution in [0.5, 0.6) is 0 Å². The summed E-state index contributed by atoms with van der Waals surface area (Å²) in [5, 5.41) is -0.306. The van der Waals surface area contributed by atoms with E-state index in [4.69, 9.17) is 0 Å². The van der Waals surface area contributed by atoms with Gasteiger partial charge in [0, 0.05) is 5.25 Å². The van der Waals surface area contributed by atoms with Gasteiger partial charge in [-0.25, -0.2) is 0 Å². The predicted molar refractivity (Wildman–Crippen MR) is 55.9 cm³/mol. The summed E-state index contributed by atoms with van der Waals surface area (Å²) >= 11 is 0.141. The highest BCUT2D eigenvalue weighted by Crippen LogP contribution is 2.39. The van der Waals surface area contributed by atoms with Gasteiger partial charge in [-0.15, -0.1) is 0 Å². The molecule has 0 unspecified atom stereocenters. The molecule has 0 amide bonds. The second-order valence-corrected chi connectivity index (χ2v) is 5.06. The highest BCUT2D eigenvalue weighted by Gasteiger charge is 2.34. The van der Waals surface area contributed by atoms with Crippen molar-refractivity contribution in [3.63, 3.8) is 0 Å². The zero-order chi connectivity index (χ0) is 10.9. The molecule has 0 heterocycles. The third kappa shape index (κ3) is 2.91. The predicted octanol–water partition coefficient (Wildman–Crippen LogP) is 3.80. The number of benzene rings is 1. The average Bonchev–Trinajstić information content (AvgIpc) is 2.15. The summed E-state index contributed by atoms with van der Waals surface area (Å²) in [5.41, 5.74) is -1.82. The molecule has 0 bridgehead atoms. The van der Waals surface area contributed by atoms with E-state index in [1.54, 1.807) is 0 Å². The molecule has 1 aromatic carbocycles. The Kier molecular flexibility index (Phi) is 2.96. The minimum atomic E-state index is -4.10. The second-order valence-electron chi connectivity index (χ2n) is 3.70. The summed E-state index contributed by atoms with van der Waals surface area (Å²) in [6.45, 7) is 0. The Morgan fingerprint density at radius 3 is 2.47 bits per heavy atom. The third-order valence-electron chi connectivity index (χ3n) is 2.60. The Hall–Kier alpha value is -0.640. The number of hydrogen-bond acceptors (Lipinski definition) is 1. The van der Waals surface area contributed by atoms with Crippen LogP contribution in [0.15, 0.2) is 24.3 Å². The Bertz CT molecular complexity index is 346. The minimum absolute atomic E-state index is 0.141. The second kappa shape index (κ2) is 4.08. The van der Waals surface area contributed by atoms with Gasteiger partial charge in [0.25, 0.3) is 0 Å². The Morgan fingerprint density at radius 1 is 1.13 bits per heavy atom. The van der Waals surface area contributed by atoms with E-state index in [0.29, 0.717) is 12.8 Å². The van der Waals surface area contributed by atoms with Crippen molar-refractivity contribution in [3.8, 4) is 0 Å². The first-order valence-corrected chi connectivity index (χ1v) is 5.74. The normalized spacial score (nSPS) is 21.1. The van der Waals surface area contributed by atoms with Gasteiger partial charge in [-0.1, -0.05) is 24.3 Å².